The van der Waals surface area contributed by atoms with E-state index in [-0.39, 0.29) is 23.8 Å². The molecule has 7 heteroatoms. The number of hydrogen-bond donors (Lipinski definition) is 1. The number of halogens is 1. The third-order valence-electron chi connectivity index (χ3n) is 7.26. The van der Waals surface area contributed by atoms with Gasteiger partial charge in [-0.25, -0.2) is 14.4 Å². The number of rotatable bonds is 4. The first-order valence-electron chi connectivity index (χ1n) is 11.4. The van der Waals surface area contributed by atoms with E-state index in [0.717, 1.165) is 17.9 Å². The molecule has 6 nitrogen and oxygen atoms in total. The number of anilines is 2. The highest BCUT2D eigenvalue weighted by Crippen LogP contribution is 2.44. The van der Waals surface area contributed by atoms with Gasteiger partial charge in [-0.15, -0.1) is 0 Å². The quantitative estimate of drug-likeness (QED) is 0.815. The van der Waals surface area contributed by atoms with E-state index in [9.17, 15) is 9.18 Å². The lowest BCUT2D eigenvalue weighted by Gasteiger charge is -2.41. The Morgan fingerprint density at radius 3 is 2.77 bits per heavy atom. The molecule has 3 unspecified atom stereocenters. The molecule has 1 amide bonds. The number of nitrogens with one attached hydrogen (secondary N) is 1. The number of aromatic nitrogens is 2. The van der Waals surface area contributed by atoms with Crippen molar-refractivity contribution < 1.29 is 9.18 Å². The number of benzene rings is 1. The van der Waals surface area contributed by atoms with Gasteiger partial charge in [-0.1, -0.05) is 12.5 Å². The molecule has 3 fully saturated rings. The Bertz CT molecular complexity index is 982. The summed E-state index contributed by atoms with van der Waals surface area (Å²) in [6.45, 7) is 6.00. The Kier molecular flexibility index (Phi) is 5.28. The standard InChI is InChI=1S/C24H30FN5O/c1-15-3-6-22(19(25)11-15)29-9-10-30(16(2)14-29)24-26-8-7-20(28-24)23(31)27-21-13-17-4-5-18(21)12-17/h3,6-8,11,16-18,21H,4-5,9-10,12-14H2,1-2H3,(H,27,31)/t16-,17?,18?,21?/m1/s1. The predicted molar refractivity (Wildman–Crippen MR) is 119 cm³/mol. The van der Waals surface area contributed by atoms with Gasteiger partial charge >= 0.3 is 0 Å². The molecule has 1 N–H and O–H groups in total. The van der Waals surface area contributed by atoms with Crippen LogP contribution in [0.5, 0.6) is 0 Å². The maximum Gasteiger partial charge on any atom is 0.270 e. The summed E-state index contributed by atoms with van der Waals surface area (Å²) < 4.78 is 14.4. The topological polar surface area (TPSA) is 61.4 Å². The zero-order chi connectivity index (χ0) is 21.5. The number of hydrogen-bond acceptors (Lipinski definition) is 5. The van der Waals surface area contributed by atoms with E-state index in [2.05, 4.69) is 32.0 Å². The van der Waals surface area contributed by atoms with Gasteiger partial charge in [0.2, 0.25) is 5.95 Å². The Hall–Kier alpha value is -2.70. The highest BCUT2D eigenvalue weighted by molar-refractivity contribution is 5.92. The van der Waals surface area contributed by atoms with Gasteiger partial charge in [0.15, 0.2) is 0 Å². The molecule has 1 aromatic carbocycles. The monoisotopic (exact) mass is 423 g/mol. The molecule has 2 aliphatic carbocycles. The lowest BCUT2D eigenvalue weighted by Crippen LogP contribution is -2.53. The summed E-state index contributed by atoms with van der Waals surface area (Å²) in [4.78, 5) is 26.0. The average Bonchev–Trinajstić information content (AvgIpc) is 3.37. The number of amides is 1. The molecule has 3 aliphatic rings. The van der Waals surface area contributed by atoms with E-state index in [1.165, 1.54) is 19.3 Å². The molecule has 1 aromatic heterocycles. The lowest BCUT2D eigenvalue weighted by atomic mass is 9.95. The fourth-order valence-corrected chi connectivity index (χ4v) is 5.62. The molecule has 2 aromatic rings. The Morgan fingerprint density at radius 2 is 2.06 bits per heavy atom. The molecular weight excluding hydrogens is 393 g/mol. The van der Waals surface area contributed by atoms with Gasteiger partial charge in [-0.3, -0.25) is 4.79 Å². The number of carbonyl (C=O) groups excluding carboxylic acids is 1. The summed E-state index contributed by atoms with van der Waals surface area (Å²) in [5, 5.41) is 3.21. The summed E-state index contributed by atoms with van der Waals surface area (Å²) in [6.07, 6.45) is 6.56. The number of carbonyl (C=O) groups is 1. The minimum absolute atomic E-state index is 0.0957. The molecule has 5 rings (SSSR count). The predicted octanol–water partition coefficient (Wildman–Crippen LogP) is 3.56. The molecule has 1 aliphatic heterocycles. The number of piperazine rings is 1. The van der Waals surface area contributed by atoms with E-state index < -0.39 is 0 Å². The molecule has 164 valence electrons. The highest BCUT2D eigenvalue weighted by atomic mass is 19.1. The van der Waals surface area contributed by atoms with Crippen LogP contribution in [0.4, 0.5) is 16.0 Å². The molecule has 2 bridgehead atoms. The molecule has 31 heavy (non-hydrogen) atoms. The zero-order valence-electron chi connectivity index (χ0n) is 18.2. The molecule has 2 heterocycles. The normalized spacial score (nSPS) is 27.6. The highest BCUT2D eigenvalue weighted by Gasteiger charge is 2.40. The van der Waals surface area contributed by atoms with Crippen LogP contribution in [0.25, 0.3) is 0 Å². The maximum atomic E-state index is 14.4. The Balaban J connectivity index is 1.26. The van der Waals surface area contributed by atoms with E-state index in [1.807, 2.05) is 19.1 Å². The van der Waals surface area contributed by atoms with Crippen molar-refractivity contribution in [2.45, 2.75) is 51.6 Å². The largest absolute Gasteiger partial charge is 0.365 e. The number of fused-ring (bicyclic) bond motifs is 2. The van der Waals surface area contributed by atoms with Crippen LogP contribution in [0.15, 0.2) is 30.5 Å². The maximum absolute atomic E-state index is 14.4. The van der Waals surface area contributed by atoms with Gasteiger partial charge in [-0.05, 0) is 68.7 Å². The van der Waals surface area contributed by atoms with Crippen molar-refractivity contribution in [2.24, 2.45) is 11.8 Å². The SMILES string of the molecule is Cc1ccc(N2CCN(c3nccc(C(=O)NC4CC5CCC4C5)n3)[C@H](C)C2)c(F)c1. The van der Waals surface area contributed by atoms with Gasteiger partial charge in [0.1, 0.15) is 11.5 Å². The fraction of sp³-hybridized carbons (Fsp3) is 0.542. The van der Waals surface area contributed by atoms with Crippen LogP contribution in [0.1, 0.15) is 48.7 Å². The van der Waals surface area contributed by atoms with Gasteiger partial charge in [-0.2, -0.15) is 0 Å². The van der Waals surface area contributed by atoms with Gasteiger partial charge in [0.05, 0.1) is 5.69 Å². The van der Waals surface area contributed by atoms with Crippen molar-refractivity contribution in [1.29, 1.82) is 0 Å². The molecule has 0 radical (unpaired) electrons. The third-order valence-corrected chi connectivity index (χ3v) is 7.26. The summed E-state index contributed by atoms with van der Waals surface area (Å²) >= 11 is 0. The lowest BCUT2D eigenvalue weighted by molar-refractivity contribution is 0.0917. The summed E-state index contributed by atoms with van der Waals surface area (Å²) in [5.41, 5.74) is 1.98. The van der Waals surface area contributed by atoms with E-state index in [1.54, 1.807) is 18.3 Å². The van der Waals surface area contributed by atoms with Crippen molar-refractivity contribution >= 4 is 17.5 Å². The first kappa shape index (κ1) is 20.2. The smallest absolute Gasteiger partial charge is 0.270 e. The fourth-order valence-electron chi connectivity index (χ4n) is 5.62. The van der Waals surface area contributed by atoms with Crippen LogP contribution >= 0.6 is 0 Å². The first-order valence-corrected chi connectivity index (χ1v) is 11.4. The second-order valence-corrected chi connectivity index (χ2v) is 9.44. The van der Waals surface area contributed by atoms with Gasteiger partial charge in [0, 0.05) is 37.9 Å². The van der Waals surface area contributed by atoms with E-state index >= 15 is 0 Å². The number of nitrogens with zero attached hydrogens (tertiary/aromatic N) is 4. The third kappa shape index (κ3) is 3.98. The second-order valence-electron chi connectivity index (χ2n) is 9.44. The van der Waals surface area contributed by atoms with Crippen molar-refractivity contribution in [3.63, 3.8) is 0 Å². The van der Waals surface area contributed by atoms with Crippen molar-refractivity contribution in [3.05, 3.63) is 47.5 Å². The summed E-state index contributed by atoms with van der Waals surface area (Å²) in [7, 11) is 0. The molecule has 0 spiro atoms. The average molecular weight is 424 g/mol. The van der Waals surface area contributed by atoms with Crippen LogP contribution in [-0.2, 0) is 0 Å². The molecule has 2 saturated carbocycles. The Morgan fingerprint density at radius 1 is 1.19 bits per heavy atom. The van der Waals surface area contributed by atoms with Crippen molar-refractivity contribution in [1.82, 2.24) is 15.3 Å². The minimum atomic E-state index is -0.184. The number of aryl methyl sites for hydroxylation is 1. The molecule has 1 saturated heterocycles. The Labute approximate surface area is 182 Å². The van der Waals surface area contributed by atoms with Crippen molar-refractivity contribution in [2.75, 3.05) is 29.4 Å². The van der Waals surface area contributed by atoms with Crippen LogP contribution in [0, 0.1) is 24.6 Å². The van der Waals surface area contributed by atoms with Crippen LogP contribution in [-0.4, -0.2) is 47.6 Å². The van der Waals surface area contributed by atoms with E-state index in [0.29, 0.717) is 42.9 Å². The molecular formula is C24H30FN5O. The zero-order valence-corrected chi connectivity index (χ0v) is 18.2. The van der Waals surface area contributed by atoms with E-state index in [4.69, 9.17) is 0 Å². The summed E-state index contributed by atoms with van der Waals surface area (Å²) in [6, 6.07) is 7.44. The van der Waals surface area contributed by atoms with Crippen molar-refractivity contribution in [3.8, 4) is 0 Å². The van der Waals surface area contributed by atoms with Crippen LogP contribution in [0.3, 0.4) is 0 Å². The molecule has 4 atom stereocenters. The second kappa shape index (κ2) is 8.09. The first-order chi connectivity index (χ1) is 15.0. The summed E-state index contributed by atoms with van der Waals surface area (Å²) in [5.74, 6) is 1.69. The minimum Gasteiger partial charge on any atom is -0.365 e. The van der Waals surface area contributed by atoms with Gasteiger partial charge in [0.25, 0.3) is 5.91 Å². The van der Waals surface area contributed by atoms with Crippen LogP contribution < -0.4 is 15.1 Å². The van der Waals surface area contributed by atoms with Crippen LogP contribution in [0.2, 0.25) is 0 Å². The van der Waals surface area contributed by atoms with Gasteiger partial charge < -0.3 is 15.1 Å².